The van der Waals surface area contributed by atoms with Crippen LogP contribution in [0.5, 0.6) is 0 Å². The van der Waals surface area contributed by atoms with Crippen LogP contribution in [0.15, 0.2) is 35.3 Å². The maximum Gasteiger partial charge on any atom is 1.00 e. The molecule has 0 unspecified atom stereocenters. The molecule has 0 saturated carbocycles. The summed E-state index contributed by atoms with van der Waals surface area (Å²) in [6, 6.07) is 10.4. The molecular formula is C12H14LiNS2. The van der Waals surface area contributed by atoms with Crippen molar-refractivity contribution in [1.29, 1.82) is 0 Å². The third-order valence-electron chi connectivity index (χ3n) is 2.04. The molecule has 0 N–H and O–H groups in total. The maximum absolute atomic E-state index is 4.65. The summed E-state index contributed by atoms with van der Waals surface area (Å²) in [6.07, 6.45) is 0. The number of rotatable bonds is 2. The topological polar surface area (TPSA) is 12.4 Å². The van der Waals surface area contributed by atoms with Gasteiger partial charge in [0.05, 0.1) is 5.54 Å². The minimum Gasteiger partial charge on any atom is -0.265 e. The predicted molar refractivity (Wildman–Crippen MR) is 71.4 cm³/mol. The summed E-state index contributed by atoms with van der Waals surface area (Å²) in [4.78, 5) is 4.65. The summed E-state index contributed by atoms with van der Waals surface area (Å²) in [7, 11) is 0. The van der Waals surface area contributed by atoms with Gasteiger partial charge in [-0.25, -0.2) is 0 Å². The fraction of sp³-hybridized carbons (Fsp3) is 0.333. The summed E-state index contributed by atoms with van der Waals surface area (Å²) < 4.78 is 1.18. The van der Waals surface area contributed by atoms with Crippen molar-refractivity contribution in [2.24, 2.45) is 4.99 Å². The van der Waals surface area contributed by atoms with E-state index in [4.69, 9.17) is 0 Å². The second kappa shape index (κ2) is 6.12. The van der Waals surface area contributed by atoms with Gasteiger partial charge in [0.15, 0.2) is 0 Å². The van der Waals surface area contributed by atoms with Gasteiger partial charge in [-0.15, -0.1) is 29.6 Å². The average Bonchev–Trinajstić information content (AvgIpc) is 2.57. The third-order valence-corrected chi connectivity index (χ3v) is 4.55. The van der Waals surface area contributed by atoms with Crippen molar-refractivity contribution in [2.45, 2.75) is 19.4 Å². The molecule has 0 saturated heterocycles. The van der Waals surface area contributed by atoms with Gasteiger partial charge in [-0.1, -0.05) is 17.8 Å². The van der Waals surface area contributed by atoms with E-state index in [1.807, 2.05) is 17.8 Å². The zero-order valence-corrected chi connectivity index (χ0v) is 11.6. The largest absolute Gasteiger partial charge is 1.00 e. The molecule has 0 spiro atoms. The Morgan fingerprint density at radius 1 is 1.31 bits per heavy atom. The Bertz CT molecular complexity index is 363. The van der Waals surface area contributed by atoms with Crippen molar-refractivity contribution < 1.29 is 18.9 Å². The van der Waals surface area contributed by atoms with Crippen LogP contribution >= 0.6 is 23.5 Å². The van der Waals surface area contributed by atoms with Crippen molar-refractivity contribution in [2.75, 3.05) is 5.75 Å². The first-order valence-corrected chi connectivity index (χ1v) is 6.80. The van der Waals surface area contributed by atoms with Gasteiger partial charge in [-0.2, -0.15) is 17.7 Å². The van der Waals surface area contributed by atoms with E-state index in [0.717, 1.165) is 5.75 Å². The van der Waals surface area contributed by atoms with E-state index in [2.05, 4.69) is 48.9 Å². The fourth-order valence-electron chi connectivity index (χ4n) is 1.26. The van der Waals surface area contributed by atoms with Gasteiger partial charge in [0, 0.05) is 5.75 Å². The molecule has 0 fully saturated rings. The van der Waals surface area contributed by atoms with Crippen molar-refractivity contribution >= 4 is 27.9 Å². The summed E-state index contributed by atoms with van der Waals surface area (Å²) in [5.74, 6) is 3.26. The van der Waals surface area contributed by atoms with Gasteiger partial charge in [-0.05, 0) is 13.8 Å². The molecule has 0 radical (unpaired) electrons. The second-order valence-corrected chi connectivity index (χ2v) is 6.21. The zero-order chi connectivity index (χ0) is 10.7. The molecule has 0 aromatic heterocycles. The molecule has 80 valence electrons. The maximum atomic E-state index is 4.65. The minimum absolute atomic E-state index is 0. The van der Waals surface area contributed by atoms with Gasteiger partial charge < -0.3 is 0 Å². The van der Waals surface area contributed by atoms with Gasteiger partial charge in [0.2, 0.25) is 0 Å². The minimum atomic E-state index is 0. The van der Waals surface area contributed by atoms with Crippen molar-refractivity contribution in [1.82, 2.24) is 0 Å². The molecule has 0 atom stereocenters. The zero-order valence-electron chi connectivity index (χ0n) is 9.93. The van der Waals surface area contributed by atoms with Gasteiger partial charge in [0.1, 0.15) is 4.38 Å². The first kappa shape index (κ1) is 14.1. The second-order valence-electron chi connectivity index (χ2n) is 4.13. The molecule has 4 heteroatoms. The monoisotopic (exact) mass is 243 g/mol. The Morgan fingerprint density at radius 3 is 2.56 bits per heavy atom. The van der Waals surface area contributed by atoms with Gasteiger partial charge in [-0.3, -0.25) is 4.99 Å². The van der Waals surface area contributed by atoms with Crippen LogP contribution in [0.25, 0.3) is 0 Å². The smallest absolute Gasteiger partial charge is 0.265 e. The van der Waals surface area contributed by atoms with E-state index >= 15 is 0 Å². The van der Waals surface area contributed by atoms with Gasteiger partial charge >= 0.3 is 18.9 Å². The molecule has 1 aliphatic heterocycles. The van der Waals surface area contributed by atoms with Crippen LogP contribution < -0.4 is 18.9 Å². The number of hydrogen-bond acceptors (Lipinski definition) is 3. The Morgan fingerprint density at radius 2 is 2.00 bits per heavy atom. The molecule has 1 heterocycles. The normalized spacial score (nSPS) is 17.5. The van der Waals surface area contributed by atoms with E-state index in [-0.39, 0.29) is 24.4 Å². The molecular weight excluding hydrogens is 229 g/mol. The van der Waals surface area contributed by atoms with Crippen molar-refractivity contribution in [3.05, 3.63) is 41.6 Å². The first-order valence-electron chi connectivity index (χ1n) is 4.93. The third kappa shape index (κ3) is 4.14. The summed E-state index contributed by atoms with van der Waals surface area (Å²) in [6.45, 7) is 4.35. The summed E-state index contributed by atoms with van der Waals surface area (Å²) in [5, 5.41) is 0. The predicted octanol–water partition coefficient (Wildman–Crippen LogP) is 0.815. The van der Waals surface area contributed by atoms with Crippen LogP contribution in [0.4, 0.5) is 0 Å². The first-order chi connectivity index (χ1) is 7.16. The van der Waals surface area contributed by atoms with E-state index in [9.17, 15) is 0 Å². The molecule has 16 heavy (non-hydrogen) atoms. The number of thioether (sulfide) groups is 2. The molecule has 0 aliphatic carbocycles. The number of hydrogen-bond donors (Lipinski definition) is 0. The Kier molecular flexibility index (Phi) is 5.40. The van der Waals surface area contributed by atoms with E-state index in [0.29, 0.717) is 0 Å². The quantitative estimate of drug-likeness (QED) is 0.563. The van der Waals surface area contributed by atoms with E-state index in [1.54, 1.807) is 11.8 Å². The van der Waals surface area contributed by atoms with Crippen molar-refractivity contribution in [3.8, 4) is 0 Å². The molecule has 1 aromatic rings. The summed E-state index contributed by atoms with van der Waals surface area (Å²) >= 11 is 3.58. The Hall–Kier alpha value is 0.0574. The number of aliphatic imine (C=N–C) groups is 1. The van der Waals surface area contributed by atoms with Crippen LogP contribution in [0.1, 0.15) is 19.4 Å². The SMILES string of the molecule is CC1(C)CSC(S[CH-]c2ccccc2)=N1.[Li+]. The van der Waals surface area contributed by atoms with Crippen LogP contribution in [0.2, 0.25) is 0 Å². The van der Waals surface area contributed by atoms with Crippen LogP contribution in [-0.4, -0.2) is 15.7 Å². The standard InChI is InChI=1S/C12H14NS2.Li/c1-12(2)9-15-11(13-12)14-8-10-6-4-3-5-7-10;/h3-8H,9H2,1-2H3;/q-1;+1. The number of nitrogens with zero attached hydrogens (tertiary/aromatic N) is 1. The summed E-state index contributed by atoms with van der Waals surface area (Å²) in [5.41, 5.74) is 1.37. The van der Waals surface area contributed by atoms with Crippen LogP contribution in [0, 0.1) is 5.75 Å². The Labute approximate surface area is 118 Å². The van der Waals surface area contributed by atoms with E-state index < -0.39 is 0 Å². The molecule has 1 nitrogen and oxygen atoms in total. The number of benzene rings is 1. The molecule has 2 rings (SSSR count). The van der Waals surface area contributed by atoms with Crippen LogP contribution in [0.3, 0.4) is 0 Å². The molecule has 0 amide bonds. The van der Waals surface area contributed by atoms with Crippen molar-refractivity contribution in [3.63, 3.8) is 0 Å². The van der Waals surface area contributed by atoms with E-state index in [1.165, 1.54) is 9.94 Å². The fourth-order valence-corrected chi connectivity index (χ4v) is 3.40. The molecule has 0 bridgehead atoms. The van der Waals surface area contributed by atoms with Gasteiger partial charge in [0.25, 0.3) is 0 Å². The average molecular weight is 243 g/mol. The molecule has 1 aliphatic rings. The van der Waals surface area contributed by atoms with Crippen LogP contribution in [-0.2, 0) is 0 Å². The molecule has 1 aromatic carbocycles. The Balaban J connectivity index is 0.00000128.